The summed E-state index contributed by atoms with van der Waals surface area (Å²) in [6.45, 7) is 8.55. The zero-order chi connectivity index (χ0) is 15.2. The Morgan fingerprint density at radius 1 is 1.33 bits per heavy atom. The van der Waals surface area contributed by atoms with Crippen LogP contribution in [0.3, 0.4) is 0 Å². The summed E-state index contributed by atoms with van der Waals surface area (Å²) in [5.41, 5.74) is 2.02. The summed E-state index contributed by atoms with van der Waals surface area (Å²) in [5, 5.41) is 7.33. The van der Waals surface area contributed by atoms with Crippen LogP contribution in [-0.4, -0.2) is 11.7 Å². The van der Waals surface area contributed by atoms with Gasteiger partial charge in [-0.3, -0.25) is 0 Å². The monoisotopic (exact) mass is 352 g/mol. The number of ether oxygens (including phenoxy) is 1. The van der Waals surface area contributed by atoms with E-state index in [2.05, 4.69) is 52.4 Å². The fraction of sp³-hybridized carbons (Fsp3) is 0.438. The number of rotatable bonds is 7. The number of benzene rings is 1. The van der Waals surface area contributed by atoms with E-state index in [1.807, 2.05) is 19.1 Å². The van der Waals surface area contributed by atoms with E-state index in [0.717, 1.165) is 34.8 Å². The molecule has 0 saturated heterocycles. The third-order valence-electron chi connectivity index (χ3n) is 2.93. The lowest BCUT2D eigenvalue weighted by Crippen LogP contribution is -2.18. The molecule has 0 fully saturated rings. The Labute approximate surface area is 134 Å². The second-order valence-electron chi connectivity index (χ2n) is 5.51. The molecule has 1 heterocycles. The Morgan fingerprint density at radius 2 is 2.14 bits per heavy atom. The quantitative estimate of drug-likeness (QED) is 0.815. The maximum atomic E-state index is 5.74. The highest BCUT2D eigenvalue weighted by Gasteiger charge is 2.06. The molecule has 21 heavy (non-hydrogen) atoms. The van der Waals surface area contributed by atoms with Crippen LogP contribution in [-0.2, 0) is 13.2 Å². The first-order chi connectivity index (χ1) is 10.0. The van der Waals surface area contributed by atoms with Crippen LogP contribution >= 0.6 is 15.9 Å². The van der Waals surface area contributed by atoms with Crippen molar-refractivity contribution in [3.8, 4) is 5.75 Å². The van der Waals surface area contributed by atoms with Gasteiger partial charge in [0, 0.05) is 12.6 Å². The molecule has 0 bridgehead atoms. The van der Waals surface area contributed by atoms with Gasteiger partial charge in [-0.1, -0.05) is 25.1 Å². The highest BCUT2D eigenvalue weighted by molar-refractivity contribution is 9.10. The van der Waals surface area contributed by atoms with Gasteiger partial charge >= 0.3 is 0 Å². The van der Waals surface area contributed by atoms with E-state index in [9.17, 15) is 0 Å². The summed E-state index contributed by atoms with van der Waals surface area (Å²) in [6, 6.07) is 8.00. The first-order valence-corrected chi connectivity index (χ1v) is 7.88. The first-order valence-electron chi connectivity index (χ1n) is 7.08. The van der Waals surface area contributed by atoms with E-state index in [-0.39, 0.29) is 0 Å². The molecule has 5 heteroatoms. The molecule has 1 N–H and O–H groups in total. The molecule has 1 aromatic carbocycles. The molecule has 0 aliphatic rings. The van der Waals surface area contributed by atoms with Crippen molar-refractivity contribution in [2.24, 2.45) is 5.92 Å². The van der Waals surface area contributed by atoms with Crippen molar-refractivity contribution in [3.05, 3.63) is 45.8 Å². The second-order valence-corrected chi connectivity index (χ2v) is 6.36. The predicted molar refractivity (Wildman–Crippen MR) is 86.3 cm³/mol. The minimum atomic E-state index is 0.404. The molecule has 0 saturated carbocycles. The minimum Gasteiger partial charge on any atom is -0.486 e. The van der Waals surface area contributed by atoms with Gasteiger partial charge in [0.2, 0.25) is 0 Å². The Bertz CT molecular complexity index is 581. The molecule has 0 atom stereocenters. The Hall–Kier alpha value is -1.33. The largest absolute Gasteiger partial charge is 0.486 e. The Morgan fingerprint density at radius 3 is 2.76 bits per heavy atom. The minimum absolute atomic E-state index is 0.404. The molecule has 4 nitrogen and oxygen atoms in total. The van der Waals surface area contributed by atoms with Crippen molar-refractivity contribution in [1.82, 2.24) is 10.5 Å². The van der Waals surface area contributed by atoms with E-state index in [1.165, 1.54) is 5.56 Å². The normalized spacial score (nSPS) is 11.1. The molecular weight excluding hydrogens is 332 g/mol. The van der Waals surface area contributed by atoms with E-state index in [4.69, 9.17) is 9.26 Å². The highest BCUT2D eigenvalue weighted by atomic mass is 79.9. The highest BCUT2D eigenvalue weighted by Crippen LogP contribution is 2.26. The lowest BCUT2D eigenvalue weighted by atomic mass is 10.2. The fourth-order valence-corrected chi connectivity index (χ4v) is 2.45. The molecule has 0 radical (unpaired) electrons. The number of aromatic nitrogens is 1. The zero-order valence-corrected chi connectivity index (χ0v) is 14.2. The van der Waals surface area contributed by atoms with Crippen molar-refractivity contribution in [2.45, 2.75) is 33.9 Å². The molecule has 2 rings (SSSR count). The van der Waals surface area contributed by atoms with Crippen molar-refractivity contribution < 1.29 is 9.26 Å². The van der Waals surface area contributed by atoms with Crippen molar-refractivity contribution >= 4 is 15.9 Å². The summed E-state index contributed by atoms with van der Waals surface area (Å²) in [5.74, 6) is 2.25. The molecule has 0 spiro atoms. The van der Waals surface area contributed by atoms with Crippen LogP contribution in [0.15, 0.2) is 33.3 Å². The van der Waals surface area contributed by atoms with Crippen molar-refractivity contribution in [3.63, 3.8) is 0 Å². The van der Waals surface area contributed by atoms with Gasteiger partial charge in [0.15, 0.2) is 0 Å². The number of hydrogen-bond acceptors (Lipinski definition) is 4. The van der Waals surface area contributed by atoms with Gasteiger partial charge in [0.25, 0.3) is 0 Å². The molecule has 2 aromatic rings. The van der Waals surface area contributed by atoms with Crippen LogP contribution < -0.4 is 10.1 Å². The van der Waals surface area contributed by atoms with Crippen molar-refractivity contribution in [1.29, 1.82) is 0 Å². The number of hydrogen-bond donors (Lipinski definition) is 1. The number of nitrogens with zero attached hydrogens (tertiary/aromatic N) is 1. The molecule has 0 aliphatic heterocycles. The average molecular weight is 353 g/mol. The van der Waals surface area contributed by atoms with Gasteiger partial charge in [0.05, 0.1) is 4.47 Å². The molecular formula is C16H21BrN2O2. The van der Waals surface area contributed by atoms with Crippen molar-refractivity contribution in [2.75, 3.05) is 6.54 Å². The summed E-state index contributed by atoms with van der Waals surface area (Å²) < 4.78 is 11.7. The lowest BCUT2D eigenvalue weighted by Gasteiger charge is -2.10. The Balaban J connectivity index is 1.89. The third-order valence-corrected chi connectivity index (χ3v) is 3.55. The van der Waals surface area contributed by atoms with Gasteiger partial charge in [-0.05, 0) is 53.0 Å². The predicted octanol–water partition coefficient (Wildman–Crippen LogP) is 4.07. The number of aryl methyl sites for hydroxylation is 1. The van der Waals surface area contributed by atoms with E-state index < -0.39 is 0 Å². The molecule has 114 valence electrons. The van der Waals surface area contributed by atoms with E-state index >= 15 is 0 Å². The summed E-state index contributed by atoms with van der Waals surface area (Å²) in [6.07, 6.45) is 0. The van der Waals surface area contributed by atoms with E-state index in [1.54, 1.807) is 0 Å². The van der Waals surface area contributed by atoms with Gasteiger partial charge in [-0.15, -0.1) is 0 Å². The van der Waals surface area contributed by atoms with Crippen LogP contribution in [0.5, 0.6) is 5.75 Å². The average Bonchev–Trinajstić information content (AvgIpc) is 2.83. The van der Waals surface area contributed by atoms with Crippen LogP contribution in [0, 0.1) is 12.8 Å². The molecule has 0 aliphatic carbocycles. The molecule has 0 unspecified atom stereocenters. The standard InChI is InChI=1S/C16H21BrN2O2/c1-11(2)8-18-9-13-4-5-16(15(17)7-13)20-10-14-6-12(3)21-19-14/h4-7,11,18H,8-10H2,1-3H3. The maximum absolute atomic E-state index is 5.74. The van der Waals surface area contributed by atoms with Crippen LogP contribution in [0.25, 0.3) is 0 Å². The molecule has 1 aromatic heterocycles. The smallest absolute Gasteiger partial charge is 0.134 e. The Kier molecular flexibility index (Phi) is 5.82. The third kappa shape index (κ3) is 5.17. The van der Waals surface area contributed by atoms with Gasteiger partial charge < -0.3 is 14.6 Å². The maximum Gasteiger partial charge on any atom is 0.134 e. The fourth-order valence-electron chi connectivity index (χ4n) is 1.91. The lowest BCUT2D eigenvalue weighted by molar-refractivity contribution is 0.286. The summed E-state index contributed by atoms with van der Waals surface area (Å²) in [7, 11) is 0. The van der Waals surface area contributed by atoms with Gasteiger partial charge in [-0.2, -0.15) is 0 Å². The van der Waals surface area contributed by atoms with Crippen LogP contribution in [0.1, 0.15) is 30.9 Å². The summed E-state index contributed by atoms with van der Waals surface area (Å²) >= 11 is 3.55. The number of nitrogens with one attached hydrogen (secondary N) is 1. The number of halogens is 1. The topological polar surface area (TPSA) is 47.3 Å². The van der Waals surface area contributed by atoms with Crippen LogP contribution in [0.4, 0.5) is 0 Å². The van der Waals surface area contributed by atoms with E-state index in [0.29, 0.717) is 12.5 Å². The zero-order valence-electron chi connectivity index (χ0n) is 12.6. The SMILES string of the molecule is Cc1cc(COc2ccc(CNCC(C)C)cc2Br)no1. The van der Waals surface area contributed by atoms with Gasteiger partial charge in [0.1, 0.15) is 23.8 Å². The van der Waals surface area contributed by atoms with Gasteiger partial charge in [-0.25, -0.2) is 0 Å². The van der Waals surface area contributed by atoms with Crippen LogP contribution in [0.2, 0.25) is 0 Å². The molecule has 0 amide bonds. The first kappa shape index (κ1) is 16.0. The second kappa shape index (κ2) is 7.61. The summed E-state index contributed by atoms with van der Waals surface area (Å²) in [4.78, 5) is 0.